The summed E-state index contributed by atoms with van der Waals surface area (Å²) in [5.74, 6) is 4.35. The van der Waals surface area contributed by atoms with E-state index in [1.807, 2.05) is 48.5 Å². The summed E-state index contributed by atoms with van der Waals surface area (Å²) in [4.78, 5) is 62.5. The molecular formula is C37H49N5O9. The van der Waals surface area contributed by atoms with Gasteiger partial charge in [-0.1, -0.05) is 56.0 Å². The molecule has 5 N–H and O–H groups in total. The zero-order valence-corrected chi connectivity index (χ0v) is 29.4. The first-order valence-corrected chi connectivity index (χ1v) is 17.1. The van der Waals surface area contributed by atoms with Crippen molar-refractivity contribution in [1.29, 1.82) is 0 Å². The van der Waals surface area contributed by atoms with Gasteiger partial charge in [-0.3, -0.25) is 24.0 Å². The second-order valence-corrected chi connectivity index (χ2v) is 11.9. The van der Waals surface area contributed by atoms with E-state index in [1.54, 1.807) is 18.7 Å². The minimum absolute atomic E-state index is 0.0637. The van der Waals surface area contributed by atoms with E-state index in [-0.39, 0.29) is 56.1 Å². The molecule has 5 amide bonds. The number of ether oxygens (including phenoxy) is 4. The predicted molar refractivity (Wildman–Crippen MR) is 189 cm³/mol. The van der Waals surface area contributed by atoms with Crippen LogP contribution in [0.15, 0.2) is 48.5 Å². The van der Waals surface area contributed by atoms with Crippen LogP contribution in [0.2, 0.25) is 0 Å². The van der Waals surface area contributed by atoms with Gasteiger partial charge in [0.25, 0.3) is 0 Å². The minimum atomic E-state index is -0.795. The van der Waals surface area contributed by atoms with Crippen LogP contribution < -0.4 is 26.6 Å². The monoisotopic (exact) mass is 707 g/mol. The lowest BCUT2D eigenvalue weighted by Crippen LogP contribution is -2.50. The molecule has 2 aromatic carbocycles. The Labute approximate surface area is 299 Å². The fourth-order valence-corrected chi connectivity index (χ4v) is 4.90. The maximum atomic E-state index is 13.3. The fourth-order valence-electron chi connectivity index (χ4n) is 4.90. The Hall–Kier alpha value is -4.81. The van der Waals surface area contributed by atoms with Gasteiger partial charge in [0.2, 0.25) is 29.5 Å². The van der Waals surface area contributed by atoms with E-state index in [0.29, 0.717) is 59.3 Å². The Kier molecular flexibility index (Phi) is 18.2. The third kappa shape index (κ3) is 15.3. The predicted octanol–water partition coefficient (Wildman–Crippen LogP) is 1.03. The zero-order chi connectivity index (χ0) is 36.8. The van der Waals surface area contributed by atoms with E-state index >= 15 is 0 Å². The Morgan fingerprint density at radius 3 is 1.94 bits per heavy atom. The van der Waals surface area contributed by atoms with Crippen LogP contribution in [0.5, 0.6) is 0 Å². The molecule has 0 saturated carbocycles. The largest absolute Gasteiger partial charge is 0.379 e. The van der Waals surface area contributed by atoms with Crippen LogP contribution in [-0.2, 0) is 49.5 Å². The van der Waals surface area contributed by atoms with Crippen LogP contribution >= 0.6 is 0 Å². The summed E-state index contributed by atoms with van der Waals surface area (Å²) in [6.45, 7) is 6.49. The highest BCUT2D eigenvalue weighted by Gasteiger charge is 2.23. The lowest BCUT2D eigenvalue weighted by atomic mass is 10.0. The van der Waals surface area contributed by atoms with Crippen molar-refractivity contribution in [3.63, 3.8) is 0 Å². The molecule has 2 aromatic rings. The molecule has 14 nitrogen and oxygen atoms in total. The molecular weight excluding hydrogens is 658 g/mol. The number of carbonyl (C=O) groups excluding carboxylic acids is 5. The van der Waals surface area contributed by atoms with Gasteiger partial charge in [-0.25, -0.2) is 0 Å². The highest BCUT2D eigenvalue weighted by atomic mass is 16.6. The van der Waals surface area contributed by atoms with Crippen LogP contribution in [0.1, 0.15) is 49.8 Å². The van der Waals surface area contributed by atoms with Gasteiger partial charge >= 0.3 is 0 Å². The van der Waals surface area contributed by atoms with Crippen molar-refractivity contribution in [3.05, 3.63) is 65.2 Å². The molecule has 0 radical (unpaired) electrons. The standard InChI is InChI=1S/C37H49N5O9/c1-27(2)36(37(38)47)41-34(45)25-40-33(44)15-17-48-19-21-50-23-24-51-22-20-49-18-16-39-32(43)13-14-35(46)42-26-30-9-4-3-7-28(30)11-12-29-8-5-6-10-31(29)42/h3-10,27,36H,13-26H2,1-2H3,(H2,38,47)(H,39,43)(H,40,44)(H,41,45). The number of rotatable bonds is 23. The third-order valence-electron chi connectivity index (χ3n) is 7.63. The molecule has 0 aliphatic carbocycles. The molecule has 1 aliphatic heterocycles. The van der Waals surface area contributed by atoms with Crippen LogP contribution in [0.4, 0.5) is 5.69 Å². The number of amides is 5. The van der Waals surface area contributed by atoms with Gasteiger partial charge in [0.05, 0.1) is 71.6 Å². The lowest BCUT2D eigenvalue weighted by Gasteiger charge is -2.26. The summed E-state index contributed by atoms with van der Waals surface area (Å²) in [7, 11) is 0. The zero-order valence-electron chi connectivity index (χ0n) is 29.4. The van der Waals surface area contributed by atoms with E-state index < -0.39 is 17.9 Å². The van der Waals surface area contributed by atoms with E-state index in [0.717, 1.165) is 22.4 Å². The molecule has 0 spiro atoms. The molecule has 14 heteroatoms. The van der Waals surface area contributed by atoms with Crippen LogP contribution in [0.25, 0.3) is 0 Å². The number of para-hydroxylation sites is 1. The number of benzene rings is 2. The second kappa shape index (κ2) is 22.8. The van der Waals surface area contributed by atoms with Crippen LogP contribution in [-0.4, -0.2) is 102 Å². The Morgan fingerprint density at radius 1 is 0.706 bits per heavy atom. The number of hydrogen-bond acceptors (Lipinski definition) is 9. The molecule has 1 aliphatic rings. The summed E-state index contributed by atoms with van der Waals surface area (Å²) in [6.07, 6.45) is 0.204. The minimum Gasteiger partial charge on any atom is -0.379 e. The van der Waals surface area contributed by atoms with Gasteiger partial charge in [-0.05, 0) is 29.7 Å². The van der Waals surface area contributed by atoms with Crippen molar-refractivity contribution in [2.75, 3.05) is 70.8 Å². The number of fused-ring (bicyclic) bond motifs is 2. The maximum absolute atomic E-state index is 13.3. The molecule has 0 saturated heterocycles. The molecule has 51 heavy (non-hydrogen) atoms. The quantitative estimate of drug-likeness (QED) is 0.0967. The lowest BCUT2D eigenvalue weighted by molar-refractivity contribution is -0.129. The number of carbonyl (C=O) groups is 5. The summed E-state index contributed by atoms with van der Waals surface area (Å²) < 4.78 is 21.8. The molecule has 0 bridgehead atoms. The SMILES string of the molecule is CC(C)C(NC(=O)CNC(=O)CCOCCOCCOCCOCCNC(=O)CCC(=O)N1Cc2ccccc2C#Cc2ccccc21)C(N)=O. The van der Waals surface area contributed by atoms with Gasteiger partial charge in [-0.15, -0.1) is 0 Å². The van der Waals surface area contributed by atoms with Crippen molar-refractivity contribution in [2.24, 2.45) is 11.7 Å². The molecule has 1 unspecified atom stereocenters. The second-order valence-electron chi connectivity index (χ2n) is 11.9. The normalized spacial score (nSPS) is 12.3. The van der Waals surface area contributed by atoms with E-state index in [9.17, 15) is 24.0 Å². The molecule has 276 valence electrons. The molecule has 1 atom stereocenters. The number of nitrogens with two attached hydrogens (primary N) is 1. The highest BCUT2D eigenvalue weighted by Crippen LogP contribution is 2.26. The summed E-state index contributed by atoms with van der Waals surface area (Å²) in [5.41, 5.74) is 8.61. The van der Waals surface area contributed by atoms with Crippen LogP contribution in [0.3, 0.4) is 0 Å². The molecule has 0 fully saturated rings. The van der Waals surface area contributed by atoms with E-state index in [2.05, 4.69) is 27.8 Å². The van der Waals surface area contributed by atoms with Crippen molar-refractivity contribution >= 4 is 35.2 Å². The van der Waals surface area contributed by atoms with Gasteiger partial charge in [0.1, 0.15) is 6.04 Å². The molecule has 0 aromatic heterocycles. The van der Waals surface area contributed by atoms with Gasteiger partial charge < -0.3 is 45.5 Å². The van der Waals surface area contributed by atoms with Gasteiger partial charge in [0.15, 0.2) is 0 Å². The average molecular weight is 708 g/mol. The van der Waals surface area contributed by atoms with Crippen LogP contribution in [0, 0.1) is 17.8 Å². The number of nitrogens with zero attached hydrogens (tertiary/aromatic N) is 1. The van der Waals surface area contributed by atoms with E-state index in [4.69, 9.17) is 24.7 Å². The number of anilines is 1. The third-order valence-corrected chi connectivity index (χ3v) is 7.63. The summed E-state index contributed by atoms with van der Waals surface area (Å²) in [5, 5.41) is 7.75. The maximum Gasteiger partial charge on any atom is 0.240 e. The Morgan fingerprint density at radius 2 is 1.27 bits per heavy atom. The fraction of sp³-hybridized carbons (Fsp3) is 0.486. The molecule has 3 rings (SSSR count). The topological polar surface area (TPSA) is 188 Å². The summed E-state index contributed by atoms with van der Waals surface area (Å²) in [6, 6.07) is 14.5. The first kappa shape index (κ1) is 40.6. The first-order valence-electron chi connectivity index (χ1n) is 17.1. The van der Waals surface area contributed by atoms with E-state index in [1.165, 1.54) is 0 Å². The van der Waals surface area contributed by atoms with Crippen molar-refractivity contribution in [2.45, 2.75) is 45.7 Å². The first-order chi connectivity index (χ1) is 24.7. The highest BCUT2D eigenvalue weighted by molar-refractivity contribution is 5.97. The summed E-state index contributed by atoms with van der Waals surface area (Å²) >= 11 is 0. The molecule has 1 heterocycles. The Bertz CT molecular complexity index is 1520. The van der Waals surface area contributed by atoms with Crippen molar-refractivity contribution in [3.8, 4) is 11.8 Å². The van der Waals surface area contributed by atoms with Crippen molar-refractivity contribution in [1.82, 2.24) is 16.0 Å². The number of nitrogens with one attached hydrogen (secondary N) is 3. The number of primary amides is 1. The van der Waals surface area contributed by atoms with Gasteiger partial charge in [0, 0.05) is 36.9 Å². The smallest absolute Gasteiger partial charge is 0.240 e. The van der Waals surface area contributed by atoms with Crippen molar-refractivity contribution < 1.29 is 42.9 Å². The Balaban J connectivity index is 1.14. The average Bonchev–Trinajstić information content (AvgIpc) is 3.11. The van der Waals surface area contributed by atoms with Gasteiger partial charge in [-0.2, -0.15) is 0 Å². The number of hydrogen-bond donors (Lipinski definition) is 4.